The Morgan fingerprint density at radius 3 is 2.95 bits per heavy atom. The Morgan fingerprint density at radius 1 is 1.48 bits per heavy atom. The molecule has 1 N–H and O–H groups in total. The molecule has 2 unspecified atom stereocenters. The highest BCUT2D eigenvalue weighted by Crippen LogP contribution is 2.26. The first-order valence-corrected chi connectivity index (χ1v) is 7.46. The molecule has 1 aromatic carbocycles. The number of halogens is 1. The molecule has 0 radical (unpaired) electrons. The van der Waals surface area contributed by atoms with Crippen molar-refractivity contribution in [1.82, 2.24) is 9.88 Å². The van der Waals surface area contributed by atoms with Gasteiger partial charge in [0.1, 0.15) is 5.15 Å². The zero-order valence-corrected chi connectivity index (χ0v) is 12.5. The van der Waals surface area contributed by atoms with E-state index in [1.165, 1.54) is 0 Å². The lowest BCUT2D eigenvalue weighted by Gasteiger charge is -2.18. The second-order valence-electron chi connectivity index (χ2n) is 5.55. The molecular weight excluding hydrogens is 288 g/mol. The number of carbonyl (C=O) groups is 1. The molecule has 1 aromatic heterocycles. The first-order valence-electron chi connectivity index (χ1n) is 7.09. The van der Waals surface area contributed by atoms with E-state index in [2.05, 4.69) is 4.98 Å². The van der Waals surface area contributed by atoms with E-state index in [1.54, 1.807) is 17.9 Å². The number of likely N-dealkylation sites (tertiary alicyclic amines) is 1. The highest BCUT2D eigenvalue weighted by Gasteiger charge is 2.30. The highest BCUT2D eigenvalue weighted by molar-refractivity contribution is 6.30. The van der Waals surface area contributed by atoms with Crippen molar-refractivity contribution in [3.05, 3.63) is 41.0 Å². The van der Waals surface area contributed by atoms with Gasteiger partial charge < -0.3 is 10.0 Å². The maximum Gasteiger partial charge on any atom is 0.254 e. The topological polar surface area (TPSA) is 53.4 Å². The molecule has 5 heteroatoms. The number of aromatic nitrogens is 1. The first-order chi connectivity index (χ1) is 10.1. The number of amides is 1. The summed E-state index contributed by atoms with van der Waals surface area (Å²) >= 11 is 6.03. The summed E-state index contributed by atoms with van der Waals surface area (Å²) in [6.45, 7) is 3.03. The van der Waals surface area contributed by atoms with E-state index in [0.717, 1.165) is 17.3 Å². The molecule has 3 rings (SSSR count). The Morgan fingerprint density at radius 2 is 2.24 bits per heavy atom. The fourth-order valence-corrected chi connectivity index (χ4v) is 3.06. The summed E-state index contributed by atoms with van der Waals surface area (Å²) in [7, 11) is 0. The fraction of sp³-hybridized carbons (Fsp3) is 0.375. The number of hydrogen-bond acceptors (Lipinski definition) is 3. The molecule has 110 valence electrons. The van der Waals surface area contributed by atoms with Gasteiger partial charge in [0, 0.05) is 24.4 Å². The minimum atomic E-state index is -0.388. The average molecular weight is 305 g/mol. The van der Waals surface area contributed by atoms with E-state index in [9.17, 15) is 9.90 Å². The first kappa shape index (κ1) is 14.3. The van der Waals surface area contributed by atoms with Crippen molar-refractivity contribution in [3.63, 3.8) is 0 Å². The minimum absolute atomic E-state index is 0.0429. The highest BCUT2D eigenvalue weighted by atomic mass is 35.5. The van der Waals surface area contributed by atoms with Crippen LogP contribution in [0.5, 0.6) is 0 Å². The van der Waals surface area contributed by atoms with E-state index >= 15 is 0 Å². The van der Waals surface area contributed by atoms with E-state index in [1.807, 2.05) is 24.3 Å². The SMILES string of the molecule is CC(O)C1CCN(C(=O)c2cc(Cl)nc3ccccc23)C1. The standard InChI is InChI=1S/C16H17ClN2O2/c1-10(20)11-6-7-19(9-11)16(21)13-8-15(17)18-14-5-3-2-4-12(13)14/h2-5,8,10-11,20H,6-7,9H2,1H3. The molecule has 0 bridgehead atoms. The number of carbonyl (C=O) groups excluding carboxylic acids is 1. The smallest absolute Gasteiger partial charge is 0.254 e. The van der Waals surface area contributed by atoms with Gasteiger partial charge in [-0.1, -0.05) is 29.8 Å². The third kappa shape index (κ3) is 2.74. The van der Waals surface area contributed by atoms with Crippen LogP contribution in [0.3, 0.4) is 0 Å². The van der Waals surface area contributed by atoms with E-state index in [4.69, 9.17) is 11.6 Å². The molecule has 1 fully saturated rings. The fourth-order valence-electron chi connectivity index (χ4n) is 2.86. The van der Waals surface area contributed by atoms with Crippen LogP contribution in [-0.4, -0.2) is 40.1 Å². The zero-order chi connectivity index (χ0) is 15.0. The summed E-state index contributed by atoms with van der Waals surface area (Å²) in [4.78, 5) is 18.8. The number of aliphatic hydroxyl groups excluding tert-OH is 1. The van der Waals surface area contributed by atoms with E-state index < -0.39 is 0 Å². The Hall–Kier alpha value is -1.65. The molecule has 1 amide bonds. The largest absolute Gasteiger partial charge is 0.393 e. The third-order valence-corrected chi connectivity index (χ3v) is 4.30. The van der Waals surface area contributed by atoms with Crippen molar-refractivity contribution < 1.29 is 9.90 Å². The lowest BCUT2D eigenvalue weighted by molar-refractivity contribution is 0.0764. The molecule has 1 aliphatic rings. The zero-order valence-electron chi connectivity index (χ0n) is 11.8. The van der Waals surface area contributed by atoms with Crippen molar-refractivity contribution in [1.29, 1.82) is 0 Å². The van der Waals surface area contributed by atoms with Gasteiger partial charge in [0.2, 0.25) is 0 Å². The van der Waals surface area contributed by atoms with Crippen LogP contribution in [0.1, 0.15) is 23.7 Å². The van der Waals surface area contributed by atoms with Gasteiger partial charge in [-0.3, -0.25) is 4.79 Å². The maximum absolute atomic E-state index is 12.7. The number of hydrogen-bond donors (Lipinski definition) is 1. The summed E-state index contributed by atoms with van der Waals surface area (Å²) in [5, 5.41) is 10.8. The second kappa shape index (κ2) is 5.62. The van der Waals surface area contributed by atoms with Gasteiger partial charge in [-0.15, -0.1) is 0 Å². The van der Waals surface area contributed by atoms with Gasteiger partial charge in [-0.25, -0.2) is 4.98 Å². The lowest BCUT2D eigenvalue weighted by Crippen LogP contribution is -2.30. The maximum atomic E-state index is 12.7. The Bertz CT molecular complexity index is 687. The van der Waals surface area contributed by atoms with Crippen LogP contribution in [0, 0.1) is 5.92 Å². The number of rotatable bonds is 2. The van der Waals surface area contributed by atoms with Crippen LogP contribution in [-0.2, 0) is 0 Å². The number of fused-ring (bicyclic) bond motifs is 1. The molecule has 2 atom stereocenters. The molecule has 0 saturated carbocycles. The predicted octanol–water partition coefficient (Wildman–Crippen LogP) is 2.73. The quantitative estimate of drug-likeness (QED) is 0.868. The van der Waals surface area contributed by atoms with E-state index in [-0.39, 0.29) is 17.9 Å². The summed E-state index contributed by atoms with van der Waals surface area (Å²) in [6, 6.07) is 9.12. The van der Waals surface area contributed by atoms with Gasteiger partial charge in [0.15, 0.2) is 0 Å². The number of benzene rings is 1. The summed E-state index contributed by atoms with van der Waals surface area (Å²) < 4.78 is 0. The van der Waals surface area contributed by atoms with Gasteiger partial charge >= 0.3 is 0 Å². The van der Waals surface area contributed by atoms with Crippen LogP contribution < -0.4 is 0 Å². The van der Waals surface area contributed by atoms with Crippen LogP contribution in [0.2, 0.25) is 5.15 Å². The van der Waals surface area contributed by atoms with Gasteiger partial charge in [0.25, 0.3) is 5.91 Å². The average Bonchev–Trinajstić information content (AvgIpc) is 2.95. The third-order valence-electron chi connectivity index (χ3n) is 4.11. The monoisotopic (exact) mass is 304 g/mol. The molecule has 4 nitrogen and oxygen atoms in total. The van der Waals surface area contributed by atoms with Crippen molar-refractivity contribution >= 4 is 28.4 Å². The van der Waals surface area contributed by atoms with Crippen molar-refractivity contribution in [2.75, 3.05) is 13.1 Å². The molecule has 2 heterocycles. The summed E-state index contributed by atoms with van der Waals surface area (Å²) in [6.07, 6.45) is 0.445. The van der Waals surface area contributed by atoms with Crippen LogP contribution >= 0.6 is 11.6 Å². The number of aliphatic hydroxyl groups is 1. The number of pyridine rings is 1. The van der Waals surface area contributed by atoms with Gasteiger partial charge in [-0.2, -0.15) is 0 Å². The molecular formula is C16H17ClN2O2. The Kier molecular flexibility index (Phi) is 3.83. The van der Waals surface area contributed by atoms with Crippen molar-refractivity contribution in [3.8, 4) is 0 Å². The van der Waals surface area contributed by atoms with Gasteiger partial charge in [-0.05, 0) is 25.5 Å². The molecule has 2 aromatic rings. The molecule has 0 aliphatic carbocycles. The van der Waals surface area contributed by atoms with Crippen molar-refractivity contribution in [2.24, 2.45) is 5.92 Å². The molecule has 1 saturated heterocycles. The molecule has 0 spiro atoms. The Labute approximate surface area is 128 Å². The minimum Gasteiger partial charge on any atom is -0.393 e. The summed E-state index contributed by atoms with van der Waals surface area (Å²) in [5.74, 6) is 0.108. The normalized spacial score (nSPS) is 20.0. The Balaban J connectivity index is 1.95. The van der Waals surface area contributed by atoms with Crippen LogP contribution in [0.15, 0.2) is 30.3 Å². The van der Waals surface area contributed by atoms with Gasteiger partial charge in [0.05, 0.1) is 17.2 Å². The summed E-state index contributed by atoms with van der Waals surface area (Å²) in [5.41, 5.74) is 1.30. The van der Waals surface area contributed by atoms with Crippen molar-refractivity contribution in [2.45, 2.75) is 19.4 Å². The van der Waals surface area contributed by atoms with Crippen LogP contribution in [0.4, 0.5) is 0 Å². The molecule has 1 aliphatic heterocycles. The molecule has 21 heavy (non-hydrogen) atoms. The number of nitrogens with zero attached hydrogens (tertiary/aromatic N) is 2. The second-order valence-corrected chi connectivity index (χ2v) is 5.94. The lowest BCUT2D eigenvalue weighted by atomic mass is 10.0. The predicted molar refractivity (Wildman–Crippen MR) is 82.4 cm³/mol. The van der Waals surface area contributed by atoms with E-state index in [0.29, 0.717) is 23.8 Å². The van der Waals surface area contributed by atoms with Crippen LogP contribution in [0.25, 0.3) is 10.9 Å². The number of para-hydroxylation sites is 1.